The Labute approximate surface area is 111 Å². The molecular formula is C14H15N3S. The molecule has 0 fully saturated rings. The van der Waals surface area contributed by atoms with Crippen LogP contribution in [0.2, 0.25) is 0 Å². The van der Waals surface area contributed by atoms with Crippen molar-refractivity contribution in [1.29, 1.82) is 5.26 Å². The number of para-hydroxylation sites is 1. The van der Waals surface area contributed by atoms with E-state index in [2.05, 4.69) is 29.8 Å². The maximum atomic E-state index is 8.92. The second-order valence-corrected chi connectivity index (χ2v) is 4.96. The SMILES string of the molecule is CCc1ccsc1CNc1cccc(C#N)c1N. The summed E-state index contributed by atoms with van der Waals surface area (Å²) in [5.41, 5.74) is 9.15. The minimum absolute atomic E-state index is 0.516. The Bertz CT molecular complexity index is 581. The van der Waals surface area contributed by atoms with Crippen molar-refractivity contribution in [1.82, 2.24) is 0 Å². The summed E-state index contributed by atoms with van der Waals surface area (Å²) in [5, 5.41) is 14.3. The first kappa shape index (κ1) is 12.5. The number of aryl methyl sites for hydroxylation is 1. The molecule has 0 saturated carbocycles. The molecule has 1 heterocycles. The minimum Gasteiger partial charge on any atom is -0.396 e. The van der Waals surface area contributed by atoms with Gasteiger partial charge in [-0.25, -0.2) is 0 Å². The van der Waals surface area contributed by atoms with Crippen molar-refractivity contribution in [2.75, 3.05) is 11.1 Å². The van der Waals surface area contributed by atoms with Crippen molar-refractivity contribution in [2.24, 2.45) is 0 Å². The van der Waals surface area contributed by atoms with E-state index in [0.29, 0.717) is 11.3 Å². The van der Waals surface area contributed by atoms with E-state index in [1.54, 1.807) is 17.4 Å². The van der Waals surface area contributed by atoms with E-state index < -0.39 is 0 Å². The summed E-state index contributed by atoms with van der Waals surface area (Å²) >= 11 is 1.74. The van der Waals surface area contributed by atoms with Crippen LogP contribution in [0.3, 0.4) is 0 Å². The fourth-order valence-electron chi connectivity index (χ4n) is 1.83. The molecule has 0 saturated heterocycles. The summed E-state index contributed by atoms with van der Waals surface area (Å²) < 4.78 is 0. The van der Waals surface area contributed by atoms with Gasteiger partial charge in [0.15, 0.2) is 0 Å². The summed E-state index contributed by atoms with van der Waals surface area (Å²) in [6.45, 7) is 2.90. The molecule has 0 aliphatic heterocycles. The molecule has 1 aromatic carbocycles. The highest BCUT2D eigenvalue weighted by Gasteiger charge is 2.06. The Hall–Kier alpha value is -1.99. The van der Waals surface area contributed by atoms with Crippen molar-refractivity contribution in [2.45, 2.75) is 19.9 Å². The predicted octanol–water partition coefficient (Wildman–Crippen LogP) is 3.38. The summed E-state index contributed by atoms with van der Waals surface area (Å²) in [4.78, 5) is 1.32. The third-order valence-electron chi connectivity index (χ3n) is 2.88. The Morgan fingerprint density at radius 2 is 2.22 bits per heavy atom. The summed E-state index contributed by atoms with van der Waals surface area (Å²) in [7, 11) is 0. The van der Waals surface area contributed by atoms with E-state index in [1.165, 1.54) is 10.4 Å². The Balaban J connectivity index is 2.14. The van der Waals surface area contributed by atoms with E-state index in [9.17, 15) is 0 Å². The smallest absolute Gasteiger partial charge is 0.101 e. The summed E-state index contributed by atoms with van der Waals surface area (Å²) in [6.07, 6.45) is 1.04. The lowest BCUT2D eigenvalue weighted by Crippen LogP contribution is -2.03. The fraction of sp³-hybridized carbons (Fsp3) is 0.214. The van der Waals surface area contributed by atoms with Gasteiger partial charge in [0.05, 0.1) is 16.9 Å². The van der Waals surface area contributed by atoms with Gasteiger partial charge in [0.2, 0.25) is 0 Å². The van der Waals surface area contributed by atoms with Crippen LogP contribution in [0.5, 0.6) is 0 Å². The zero-order valence-corrected chi connectivity index (χ0v) is 11.1. The van der Waals surface area contributed by atoms with Crippen LogP contribution in [0.15, 0.2) is 29.6 Å². The van der Waals surface area contributed by atoms with Crippen LogP contribution >= 0.6 is 11.3 Å². The molecule has 0 aliphatic carbocycles. The van der Waals surface area contributed by atoms with Gasteiger partial charge in [0.25, 0.3) is 0 Å². The molecule has 0 unspecified atom stereocenters. The van der Waals surface area contributed by atoms with E-state index >= 15 is 0 Å². The van der Waals surface area contributed by atoms with Crippen LogP contribution in [0.4, 0.5) is 11.4 Å². The zero-order valence-electron chi connectivity index (χ0n) is 10.2. The molecule has 1 aromatic heterocycles. The molecule has 92 valence electrons. The number of rotatable bonds is 4. The van der Waals surface area contributed by atoms with Crippen LogP contribution in [-0.4, -0.2) is 0 Å². The molecular weight excluding hydrogens is 242 g/mol. The van der Waals surface area contributed by atoms with Crippen molar-refractivity contribution in [3.05, 3.63) is 45.6 Å². The van der Waals surface area contributed by atoms with Gasteiger partial charge in [0.1, 0.15) is 6.07 Å². The second kappa shape index (κ2) is 5.56. The number of benzene rings is 1. The normalized spacial score (nSPS) is 10.0. The molecule has 3 N–H and O–H groups in total. The van der Waals surface area contributed by atoms with Crippen molar-refractivity contribution in [3.63, 3.8) is 0 Å². The standard InChI is InChI=1S/C14H15N3S/c1-2-10-6-7-18-13(10)9-17-12-5-3-4-11(8-15)14(12)16/h3-7,17H,2,9,16H2,1H3. The first-order valence-electron chi connectivity index (χ1n) is 5.84. The van der Waals surface area contributed by atoms with Crippen LogP contribution < -0.4 is 11.1 Å². The average Bonchev–Trinajstić information content (AvgIpc) is 2.85. The predicted molar refractivity (Wildman–Crippen MR) is 76.6 cm³/mol. The highest BCUT2D eigenvalue weighted by atomic mass is 32.1. The number of thiophene rings is 1. The maximum absolute atomic E-state index is 8.92. The Morgan fingerprint density at radius 3 is 2.94 bits per heavy atom. The Morgan fingerprint density at radius 1 is 1.39 bits per heavy atom. The maximum Gasteiger partial charge on any atom is 0.101 e. The van der Waals surface area contributed by atoms with Gasteiger partial charge in [-0.05, 0) is 35.6 Å². The Kier molecular flexibility index (Phi) is 3.85. The number of hydrogen-bond donors (Lipinski definition) is 2. The lowest BCUT2D eigenvalue weighted by Gasteiger charge is -2.10. The number of nitrogens with zero attached hydrogens (tertiary/aromatic N) is 1. The second-order valence-electron chi connectivity index (χ2n) is 3.95. The molecule has 0 amide bonds. The van der Waals surface area contributed by atoms with Crippen molar-refractivity contribution >= 4 is 22.7 Å². The molecule has 18 heavy (non-hydrogen) atoms. The monoisotopic (exact) mass is 257 g/mol. The molecule has 0 radical (unpaired) electrons. The third kappa shape index (κ3) is 2.47. The van der Waals surface area contributed by atoms with Crippen molar-refractivity contribution < 1.29 is 0 Å². The lowest BCUT2D eigenvalue weighted by molar-refractivity contribution is 1.08. The van der Waals surface area contributed by atoms with Crippen LogP contribution in [-0.2, 0) is 13.0 Å². The molecule has 2 rings (SSSR count). The lowest BCUT2D eigenvalue weighted by atomic mass is 10.1. The van der Waals surface area contributed by atoms with Crippen LogP contribution in [0.25, 0.3) is 0 Å². The van der Waals surface area contributed by atoms with E-state index in [-0.39, 0.29) is 0 Å². The quantitative estimate of drug-likeness (QED) is 0.825. The molecule has 0 bridgehead atoms. The number of nitrogen functional groups attached to an aromatic ring is 1. The average molecular weight is 257 g/mol. The van der Waals surface area contributed by atoms with Gasteiger partial charge < -0.3 is 11.1 Å². The van der Waals surface area contributed by atoms with Gasteiger partial charge in [-0.3, -0.25) is 0 Å². The van der Waals surface area contributed by atoms with E-state index in [4.69, 9.17) is 11.0 Å². The van der Waals surface area contributed by atoms with Crippen molar-refractivity contribution in [3.8, 4) is 6.07 Å². The summed E-state index contributed by atoms with van der Waals surface area (Å²) in [6, 6.07) is 9.70. The topological polar surface area (TPSA) is 61.8 Å². The number of anilines is 2. The van der Waals surface area contributed by atoms with E-state index in [0.717, 1.165) is 18.7 Å². The molecule has 3 nitrogen and oxygen atoms in total. The minimum atomic E-state index is 0.516. The largest absolute Gasteiger partial charge is 0.396 e. The first-order chi connectivity index (χ1) is 8.76. The van der Waals surface area contributed by atoms with Crippen LogP contribution in [0, 0.1) is 11.3 Å². The number of nitrogens with two attached hydrogens (primary N) is 1. The van der Waals surface area contributed by atoms with Gasteiger partial charge in [0, 0.05) is 11.4 Å². The first-order valence-corrected chi connectivity index (χ1v) is 6.72. The number of nitrogens with one attached hydrogen (secondary N) is 1. The zero-order chi connectivity index (χ0) is 13.0. The van der Waals surface area contributed by atoms with Gasteiger partial charge in [-0.1, -0.05) is 13.0 Å². The molecule has 2 aromatic rings. The highest BCUT2D eigenvalue weighted by molar-refractivity contribution is 7.10. The molecule has 0 spiro atoms. The number of hydrogen-bond acceptors (Lipinski definition) is 4. The van der Waals surface area contributed by atoms with Gasteiger partial charge in [-0.2, -0.15) is 5.26 Å². The number of nitriles is 1. The molecule has 0 atom stereocenters. The fourth-order valence-corrected chi connectivity index (χ4v) is 2.75. The third-order valence-corrected chi connectivity index (χ3v) is 3.85. The highest BCUT2D eigenvalue weighted by Crippen LogP contribution is 2.24. The molecule has 0 aliphatic rings. The van der Waals surface area contributed by atoms with E-state index in [1.807, 2.05) is 12.1 Å². The van der Waals surface area contributed by atoms with Gasteiger partial charge >= 0.3 is 0 Å². The molecule has 4 heteroatoms. The van der Waals surface area contributed by atoms with Gasteiger partial charge in [-0.15, -0.1) is 11.3 Å². The summed E-state index contributed by atoms with van der Waals surface area (Å²) in [5.74, 6) is 0. The van der Waals surface area contributed by atoms with Crippen LogP contribution in [0.1, 0.15) is 22.9 Å².